The molecule has 1 unspecified atom stereocenters. The van der Waals surface area contributed by atoms with Crippen molar-refractivity contribution in [1.29, 1.82) is 0 Å². The molecule has 9 nitrogen and oxygen atoms in total. The van der Waals surface area contributed by atoms with Crippen LogP contribution < -0.4 is 19.7 Å². The van der Waals surface area contributed by atoms with Gasteiger partial charge in [-0.25, -0.2) is 4.98 Å². The van der Waals surface area contributed by atoms with Gasteiger partial charge in [0.2, 0.25) is 11.8 Å². The normalized spacial score (nSPS) is 16.4. The van der Waals surface area contributed by atoms with E-state index in [0.717, 1.165) is 48.7 Å². The summed E-state index contributed by atoms with van der Waals surface area (Å²) in [5.41, 5.74) is 2.45. The topological polar surface area (TPSA) is 101 Å². The summed E-state index contributed by atoms with van der Waals surface area (Å²) in [4.78, 5) is 15.2. The number of ether oxygens (including phenoxy) is 2. The van der Waals surface area contributed by atoms with Crippen LogP contribution in [0.4, 0.5) is 11.6 Å². The number of nitrogens with one attached hydrogen (secondary N) is 2. The van der Waals surface area contributed by atoms with Crippen LogP contribution in [-0.4, -0.2) is 58.5 Å². The monoisotopic (exact) mass is 395 g/mol. The Morgan fingerprint density at radius 1 is 1.21 bits per heavy atom. The number of anilines is 2. The molecule has 2 N–H and O–H groups in total. The largest absolute Gasteiger partial charge is 0.480 e. The van der Waals surface area contributed by atoms with Crippen molar-refractivity contribution in [2.24, 2.45) is 0 Å². The van der Waals surface area contributed by atoms with Crippen LogP contribution in [0, 0.1) is 6.92 Å². The second-order valence-electron chi connectivity index (χ2n) is 7.01. The molecule has 1 fully saturated rings. The molecular formula is C20H25N7O2. The number of piperidine rings is 1. The number of hydrogen-bond acceptors (Lipinski definition) is 8. The average molecular weight is 395 g/mol. The maximum absolute atomic E-state index is 5.98. The molecule has 1 saturated heterocycles. The minimum Gasteiger partial charge on any atom is -0.480 e. The maximum atomic E-state index is 5.98. The third-order valence-electron chi connectivity index (χ3n) is 4.88. The van der Waals surface area contributed by atoms with Gasteiger partial charge in [-0.3, -0.25) is 10.1 Å². The van der Waals surface area contributed by atoms with E-state index in [4.69, 9.17) is 9.47 Å². The molecule has 3 aromatic heterocycles. The van der Waals surface area contributed by atoms with Gasteiger partial charge in [0.25, 0.3) is 0 Å². The summed E-state index contributed by atoms with van der Waals surface area (Å²) in [7, 11) is 3.51. The van der Waals surface area contributed by atoms with Crippen molar-refractivity contribution in [1.82, 2.24) is 30.5 Å². The third kappa shape index (κ3) is 4.29. The van der Waals surface area contributed by atoms with Gasteiger partial charge in [0, 0.05) is 25.4 Å². The molecule has 4 heterocycles. The summed E-state index contributed by atoms with van der Waals surface area (Å²) in [6.45, 7) is 3.79. The van der Waals surface area contributed by atoms with Gasteiger partial charge in [0.05, 0.1) is 30.8 Å². The molecule has 1 atom stereocenters. The molecule has 3 aromatic rings. The van der Waals surface area contributed by atoms with Crippen molar-refractivity contribution in [3.05, 3.63) is 36.3 Å². The van der Waals surface area contributed by atoms with Crippen LogP contribution in [0.5, 0.6) is 11.8 Å². The predicted octanol–water partition coefficient (Wildman–Crippen LogP) is 2.48. The molecule has 4 rings (SSSR count). The maximum Gasteiger partial charge on any atom is 0.234 e. The van der Waals surface area contributed by atoms with E-state index >= 15 is 0 Å². The van der Waals surface area contributed by atoms with Crippen molar-refractivity contribution < 1.29 is 9.47 Å². The highest BCUT2D eigenvalue weighted by molar-refractivity contribution is 5.69. The highest BCUT2D eigenvalue weighted by Gasteiger charge is 2.17. The molecule has 9 heteroatoms. The predicted molar refractivity (Wildman–Crippen MR) is 110 cm³/mol. The molecule has 0 aromatic carbocycles. The van der Waals surface area contributed by atoms with E-state index in [9.17, 15) is 0 Å². The summed E-state index contributed by atoms with van der Waals surface area (Å²) in [5.74, 6) is 2.50. The molecule has 0 spiro atoms. The van der Waals surface area contributed by atoms with E-state index in [1.54, 1.807) is 19.5 Å². The van der Waals surface area contributed by atoms with Gasteiger partial charge in [-0.1, -0.05) is 0 Å². The Balaban J connectivity index is 1.53. The Bertz CT molecular complexity index is 969. The highest BCUT2D eigenvalue weighted by Crippen LogP contribution is 2.30. The zero-order chi connectivity index (χ0) is 20.2. The second kappa shape index (κ2) is 8.44. The lowest BCUT2D eigenvalue weighted by atomic mass is 10.1. The number of rotatable bonds is 6. The summed E-state index contributed by atoms with van der Waals surface area (Å²) in [6, 6.07) is 5.81. The van der Waals surface area contributed by atoms with E-state index in [1.165, 1.54) is 0 Å². The van der Waals surface area contributed by atoms with Gasteiger partial charge in [0.1, 0.15) is 11.9 Å². The van der Waals surface area contributed by atoms with Gasteiger partial charge < -0.3 is 19.7 Å². The molecule has 0 radical (unpaired) electrons. The minimum atomic E-state index is 0.124. The fourth-order valence-corrected chi connectivity index (χ4v) is 3.28. The Labute approximate surface area is 169 Å². The van der Waals surface area contributed by atoms with E-state index in [2.05, 4.69) is 30.5 Å². The summed E-state index contributed by atoms with van der Waals surface area (Å²) >= 11 is 0. The standard InChI is InChI=1S/C20H25N7O2/c1-13-6-7-15(20(23-13)28-3)16-9-17(26-25-16)27(2)18-11-22-12-19(24-18)29-14-5-4-8-21-10-14/h6-7,9,11-12,14,21H,4-5,8,10H2,1-3H3,(H,25,26). The third-order valence-corrected chi connectivity index (χ3v) is 4.88. The molecule has 1 aliphatic heterocycles. The number of pyridine rings is 1. The fraction of sp³-hybridized carbons (Fsp3) is 0.400. The van der Waals surface area contributed by atoms with Crippen molar-refractivity contribution in [3.8, 4) is 23.0 Å². The highest BCUT2D eigenvalue weighted by atomic mass is 16.5. The van der Waals surface area contributed by atoms with Gasteiger partial charge in [-0.05, 0) is 38.4 Å². The number of aromatic amines is 1. The van der Waals surface area contributed by atoms with Crippen LogP contribution in [0.25, 0.3) is 11.3 Å². The van der Waals surface area contributed by atoms with Crippen LogP contribution in [0.1, 0.15) is 18.5 Å². The van der Waals surface area contributed by atoms with Crippen LogP contribution in [-0.2, 0) is 0 Å². The fourth-order valence-electron chi connectivity index (χ4n) is 3.28. The summed E-state index contributed by atoms with van der Waals surface area (Å²) < 4.78 is 11.4. The lowest BCUT2D eigenvalue weighted by molar-refractivity contribution is 0.160. The Morgan fingerprint density at radius 2 is 2.10 bits per heavy atom. The van der Waals surface area contributed by atoms with Crippen molar-refractivity contribution in [2.45, 2.75) is 25.9 Å². The van der Waals surface area contributed by atoms with Crippen molar-refractivity contribution in [2.75, 3.05) is 32.1 Å². The second-order valence-corrected chi connectivity index (χ2v) is 7.01. The van der Waals surface area contributed by atoms with E-state index in [-0.39, 0.29) is 6.10 Å². The summed E-state index contributed by atoms with van der Waals surface area (Å²) in [6.07, 6.45) is 5.59. The first-order valence-electron chi connectivity index (χ1n) is 9.64. The zero-order valence-electron chi connectivity index (χ0n) is 16.8. The van der Waals surface area contributed by atoms with Gasteiger partial charge in [-0.15, -0.1) is 0 Å². The van der Waals surface area contributed by atoms with Gasteiger partial charge >= 0.3 is 0 Å². The lowest BCUT2D eigenvalue weighted by Gasteiger charge is -2.23. The lowest BCUT2D eigenvalue weighted by Crippen LogP contribution is -2.37. The quantitative estimate of drug-likeness (QED) is 0.656. The Morgan fingerprint density at radius 3 is 2.90 bits per heavy atom. The van der Waals surface area contributed by atoms with Gasteiger partial charge in [-0.2, -0.15) is 10.1 Å². The molecule has 1 aliphatic rings. The van der Waals surface area contributed by atoms with E-state index in [1.807, 2.05) is 37.1 Å². The Hall–Kier alpha value is -3.20. The number of aromatic nitrogens is 5. The molecule has 29 heavy (non-hydrogen) atoms. The molecule has 0 amide bonds. The van der Waals surface area contributed by atoms with E-state index < -0.39 is 0 Å². The zero-order valence-corrected chi connectivity index (χ0v) is 16.8. The number of methoxy groups -OCH3 is 1. The van der Waals surface area contributed by atoms with Crippen LogP contribution in [0.2, 0.25) is 0 Å². The molecule has 0 saturated carbocycles. The number of H-pyrrole nitrogens is 1. The van der Waals surface area contributed by atoms with E-state index in [0.29, 0.717) is 17.6 Å². The first-order valence-corrected chi connectivity index (χ1v) is 9.64. The Kier molecular flexibility index (Phi) is 5.57. The molecule has 0 aliphatic carbocycles. The number of aryl methyl sites for hydroxylation is 1. The number of hydrogen-bond donors (Lipinski definition) is 2. The first-order chi connectivity index (χ1) is 14.1. The first kappa shape index (κ1) is 19.1. The van der Waals surface area contributed by atoms with Crippen LogP contribution in [0.15, 0.2) is 30.6 Å². The summed E-state index contributed by atoms with van der Waals surface area (Å²) in [5, 5.41) is 10.8. The minimum absolute atomic E-state index is 0.124. The average Bonchev–Trinajstić information content (AvgIpc) is 3.24. The smallest absolute Gasteiger partial charge is 0.234 e. The number of nitrogens with zero attached hydrogens (tertiary/aromatic N) is 5. The van der Waals surface area contributed by atoms with Crippen LogP contribution in [0.3, 0.4) is 0 Å². The SMILES string of the molecule is COc1nc(C)ccc1-c1cc(N(C)c2cncc(OC3CCCNC3)n2)[nH]n1. The van der Waals surface area contributed by atoms with Crippen molar-refractivity contribution in [3.63, 3.8) is 0 Å². The van der Waals surface area contributed by atoms with Crippen LogP contribution >= 0.6 is 0 Å². The van der Waals surface area contributed by atoms with Gasteiger partial charge in [0.15, 0.2) is 5.82 Å². The molecule has 152 valence electrons. The van der Waals surface area contributed by atoms with Crippen molar-refractivity contribution >= 4 is 11.6 Å². The molecule has 0 bridgehead atoms. The molecular weight excluding hydrogens is 370 g/mol.